The number of fused-ring (bicyclic) bond motifs is 1. The molecule has 1 fully saturated rings. The van der Waals surface area contributed by atoms with E-state index in [4.69, 9.17) is 0 Å². The highest BCUT2D eigenvalue weighted by Gasteiger charge is 2.32. The lowest BCUT2D eigenvalue weighted by atomic mass is 10.2. The molecule has 0 spiro atoms. The van der Waals surface area contributed by atoms with Gasteiger partial charge in [0.25, 0.3) is 0 Å². The Morgan fingerprint density at radius 1 is 1.50 bits per heavy atom. The molecule has 5 heteroatoms. The zero-order chi connectivity index (χ0) is 11.3. The molecule has 1 amide bonds. The molecular formula is C11H16N4O. The van der Waals surface area contributed by atoms with E-state index in [1.54, 1.807) is 0 Å². The maximum atomic E-state index is 11.6. The summed E-state index contributed by atoms with van der Waals surface area (Å²) in [6, 6.07) is 0. The van der Waals surface area contributed by atoms with Crippen LogP contribution >= 0.6 is 0 Å². The van der Waals surface area contributed by atoms with Crippen LogP contribution in [0, 0.1) is 12.8 Å². The molecular weight excluding hydrogens is 204 g/mol. The van der Waals surface area contributed by atoms with Crippen LogP contribution in [0.25, 0.3) is 0 Å². The maximum Gasteiger partial charge on any atom is 0.244 e. The molecule has 0 aromatic carbocycles. The van der Waals surface area contributed by atoms with Crippen LogP contribution in [-0.2, 0) is 11.8 Å². The molecule has 2 heterocycles. The third-order valence-electron chi connectivity index (χ3n) is 3.27. The summed E-state index contributed by atoms with van der Waals surface area (Å²) in [7, 11) is 1.93. The molecule has 0 atom stereocenters. The first-order chi connectivity index (χ1) is 7.65. The van der Waals surface area contributed by atoms with E-state index in [0.717, 1.165) is 29.7 Å². The lowest BCUT2D eigenvalue weighted by molar-refractivity contribution is -0.115. The molecule has 0 bridgehead atoms. The molecule has 1 saturated carbocycles. The van der Waals surface area contributed by atoms with Gasteiger partial charge in [-0.25, -0.2) is 0 Å². The monoisotopic (exact) mass is 220 g/mol. The minimum Gasteiger partial charge on any atom is -0.345 e. The minimum atomic E-state index is 0.0734. The van der Waals surface area contributed by atoms with Gasteiger partial charge in [-0.05, 0) is 25.7 Å². The molecule has 2 aliphatic rings. The number of hydrogen-bond donors (Lipinski definition) is 1. The fraction of sp³-hybridized carbons (Fsp3) is 0.636. The van der Waals surface area contributed by atoms with Gasteiger partial charge in [0.1, 0.15) is 5.69 Å². The van der Waals surface area contributed by atoms with Gasteiger partial charge in [-0.3, -0.25) is 9.48 Å². The number of nitrogens with zero attached hydrogens (tertiary/aromatic N) is 3. The van der Waals surface area contributed by atoms with Crippen LogP contribution in [0.2, 0.25) is 0 Å². The van der Waals surface area contributed by atoms with Gasteiger partial charge in [0.15, 0.2) is 5.82 Å². The van der Waals surface area contributed by atoms with Crippen molar-refractivity contribution in [3.63, 3.8) is 0 Å². The molecule has 1 aromatic heterocycles. The van der Waals surface area contributed by atoms with Crippen LogP contribution in [0.5, 0.6) is 0 Å². The van der Waals surface area contributed by atoms with Gasteiger partial charge in [0.2, 0.25) is 5.91 Å². The van der Waals surface area contributed by atoms with Gasteiger partial charge < -0.3 is 10.2 Å². The maximum absolute atomic E-state index is 11.6. The van der Waals surface area contributed by atoms with Crippen molar-refractivity contribution in [2.45, 2.75) is 19.8 Å². The van der Waals surface area contributed by atoms with Gasteiger partial charge in [0, 0.05) is 13.6 Å². The van der Waals surface area contributed by atoms with E-state index in [0.29, 0.717) is 6.54 Å². The molecule has 1 aromatic rings. The number of carbonyl (C=O) groups is 1. The SMILES string of the molecule is Cc1nn(C)c2c1NC(=O)CN2CC1CC1. The Balaban J connectivity index is 1.98. The average molecular weight is 220 g/mol. The summed E-state index contributed by atoms with van der Waals surface area (Å²) in [4.78, 5) is 13.8. The number of anilines is 2. The van der Waals surface area contributed by atoms with E-state index < -0.39 is 0 Å². The van der Waals surface area contributed by atoms with Crippen molar-refractivity contribution < 1.29 is 4.79 Å². The highest BCUT2D eigenvalue weighted by atomic mass is 16.2. The Morgan fingerprint density at radius 2 is 2.25 bits per heavy atom. The zero-order valence-electron chi connectivity index (χ0n) is 9.66. The average Bonchev–Trinajstić information content (AvgIpc) is 2.95. The predicted octanol–water partition coefficient (Wildman–Crippen LogP) is 0.897. The summed E-state index contributed by atoms with van der Waals surface area (Å²) >= 11 is 0. The second kappa shape index (κ2) is 3.23. The van der Waals surface area contributed by atoms with Crippen LogP contribution in [0.1, 0.15) is 18.5 Å². The largest absolute Gasteiger partial charge is 0.345 e. The van der Waals surface area contributed by atoms with Crippen LogP contribution in [-0.4, -0.2) is 28.8 Å². The second-order valence-corrected chi connectivity index (χ2v) is 4.78. The molecule has 5 nitrogen and oxygen atoms in total. The summed E-state index contributed by atoms with van der Waals surface area (Å²) in [5.74, 6) is 1.90. The minimum absolute atomic E-state index is 0.0734. The normalized spacial score (nSPS) is 19.6. The first-order valence-corrected chi connectivity index (χ1v) is 5.73. The first kappa shape index (κ1) is 9.69. The van der Waals surface area contributed by atoms with Gasteiger partial charge in [0.05, 0.1) is 12.2 Å². The molecule has 0 unspecified atom stereocenters. The van der Waals surface area contributed by atoms with Crippen molar-refractivity contribution in [3.05, 3.63) is 5.69 Å². The number of carbonyl (C=O) groups excluding carboxylic acids is 1. The Labute approximate surface area is 94.4 Å². The molecule has 1 N–H and O–H groups in total. The Bertz CT molecular complexity index is 447. The number of hydrogen-bond acceptors (Lipinski definition) is 3. The number of aromatic nitrogens is 2. The highest BCUT2D eigenvalue weighted by Crippen LogP contribution is 2.36. The van der Waals surface area contributed by atoms with E-state index in [9.17, 15) is 4.79 Å². The topological polar surface area (TPSA) is 50.2 Å². The fourth-order valence-electron chi connectivity index (χ4n) is 2.35. The molecule has 0 saturated heterocycles. The Kier molecular flexibility index (Phi) is 1.96. The third kappa shape index (κ3) is 1.47. The van der Waals surface area contributed by atoms with Gasteiger partial charge in [-0.15, -0.1) is 0 Å². The quantitative estimate of drug-likeness (QED) is 0.805. The molecule has 86 valence electrons. The lowest BCUT2D eigenvalue weighted by Crippen LogP contribution is -2.40. The molecule has 0 radical (unpaired) electrons. The summed E-state index contributed by atoms with van der Waals surface area (Å²) in [5.41, 5.74) is 1.78. The highest BCUT2D eigenvalue weighted by molar-refractivity contribution is 6.01. The lowest BCUT2D eigenvalue weighted by Gasteiger charge is -2.29. The van der Waals surface area contributed by atoms with Crippen molar-refractivity contribution in [2.75, 3.05) is 23.3 Å². The van der Waals surface area contributed by atoms with E-state index in [1.165, 1.54) is 12.8 Å². The molecule has 1 aliphatic heterocycles. The Hall–Kier alpha value is -1.52. The van der Waals surface area contributed by atoms with E-state index in [-0.39, 0.29) is 5.91 Å². The smallest absolute Gasteiger partial charge is 0.244 e. The molecule has 1 aliphatic carbocycles. The number of aryl methyl sites for hydroxylation is 2. The van der Waals surface area contributed by atoms with Crippen LogP contribution < -0.4 is 10.2 Å². The van der Waals surface area contributed by atoms with Gasteiger partial charge in [-0.1, -0.05) is 0 Å². The van der Waals surface area contributed by atoms with Gasteiger partial charge >= 0.3 is 0 Å². The molecule has 16 heavy (non-hydrogen) atoms. The van der Waals surface area contributed by atoms with Gasteiger partial charge in [-0.2, -0.15) is 5.10 Å². The van der Waals surface area contributed by atoms with Crippen molar-refractivity contribution in [3.8, 4) is 0 Å². The summed E-state index contributed by atoms with van der Waals surface area (Å²) < 4.78 is 1.87. The van der Waals surface area contributed by atoms with Crippen molar-refractivity contribution in [1.29, 1.82) is 0 Å². The number of nitrogens with one attached hydrogen (secondary N) is 1. The van der Waals surface area contributed by atoms with E-state index >= 15 is 0 Å². The fourth-order valence-corrected chi connectivity index (χ4v) is 2.35. The van der Waals surface area contributed by atoms with E-state index in [2.05, 4.69) is 15.3 Å². The summed E-state index contributed by atoms with van der Waals surface area (Å²) in [6.45, 7) is 3.38. The standard InChI is InChI=1S/C11H16N4O/c1-7-10-11(14(2)13-7)15(5-8-3-4-8)6-9(16)12-10/h8H,3-6H2,1-2H3,(H,12,16). The van der Waals surface area contributed by atoms with Crippen LogP contribution in [0.3, 0.4) is 0 Å². The van der Waals surface area contributed by atoms with E-state index in [1.807, 2.05) is 18.7 Å². The number of rotatable bonds is 2. The predicted molar refractivity (Wildman–Crippen MR) is 61.5 cm³/mol. The Morgan fingerprint density at radius 3 is 2.94 bits per heavy atom. The summed E-state index contributed by atoms with van der Waals surface area (Å²) in [6.07, 6.45) is 2.59. The summed E-state index contributed by atoms with van der Waals surface area (Å²) in [5, 5.41) is 7.27. The van der Waals surface area contributed by atoms with Crippen molar-refractivity contribution in [1.82, 2.24) is 9.78 Å². The van der Waals surface area contributed by atoms with Crippen molar-refractivity contribution >= 4 is 17.4 Å². The molecule has 3 rings (SSSR count). The van der Waals surface area contributed by atoms with Crippen LogP contribution in [0.4, 0.5) is 11.5 Å². The number of amides is 1. The van der Waals surface area contributed by atoms with Crippen LogP contribution in [0.15, 0.2) is 0 Å². The zero-order valence-corrected chi connectivity index (χ0v) is 9.66. The van der Waals surface area contributed by atoms with Crippen molar-refractivity contribution in [2.24, 2.45) is 13.0 Å². The third-order valence-corrected chi connectivity index (χ3v) is 3.27. The first-order valence-electron chi connectivity index (χ1n) is 5.73. The second-order valence-electron chi connectivity index (χ2n) is 4.78.